The van der Waals surface area contributed by atoms with Crippen LogP contribution in [0.4, 0.5) is 4.39 Å². The smallest absolute Gasteiger partial charge is 0.326 e. The minimum Gasteiger partial charge on any atom is -0.480 e. The third-order valence-electron chi connectivity index (χ3n) is 5.87. The second-order valence-electron chi connectivity index (χ2n) is 9.35. The maximum Gasteiger partial charge on any atom is 0.326 e. The van der Waals surface area contributed by atoms with Crippen LogP contribution in [0.1, 0.15) is 55.1 Å². The van der Waals surface area contributed by atoms with Crippen LogP contribution in [0.15, 0.2) is 53.1 Å². The second-order valence-corrected chi connectivity index (χ2v) is 9.79. The number of aliphatic carboxylic acids is 1. The first-order valence-corrected chi connectivity index (χ1v) is 12.4. The Kier molecular flexibility index (Phi) is 9.60. The third kappa shape index (κ3) is 7.62. The number of hydrogen-bond acceptors (Lipinski definition) is 6. The van der Waals surface area contributed by atoms with Gasteiger partial charge >= 0.3 is 11.9 Å². The molecule has 0 aliphatic heterocycles. The number of nitrogens with one attached hydrogen (secondary N) is 2. The van der Waals surface area contributed by atoms with Gasteiger partial charge in [0.1, 0.15) is 18.1 Å². The molecule has 9 nitrogen and oxygen atoms in total. The summed E-state index contributed by atoms with van der Waals surface area (Å²) in [7, 11) is 0. The van der Waals surface area contributed by atoms with Crippen molar-refractivity contribution in [2.24, 2.45) is 5.73 Å². The number of carboxylic acid groups (broad SMARTS) is 1. The van der Waals surface area contributed by atoms with Gasteiger partial charge in [-0.2, -0.15) is 0 Å². The first-order valence-electron chi connectivity index (χ1n) is 12.0. The van der Waals surface area contributed by atoms with E-state index in [4.69, 9.17) is 21.8 Å². The van der Waals surface area contributed by atoms with Crippen molar-refractivity contribution in [1.82, 2.24) is 15.6 Å². The molecule has 0 radical (unpaired) electrons. The lowest BCUT2D eigenvalue weighted by Gasteiger charge is -2.23. The fraction of sp³-hybridized carbons (Fsp3) is 0.333. The summed E-state index contributed by atoms with van der Waals surface area (Å²) in [5, 5.41) is 15.3. The van der Waals surface area contributed by atoms with Crippen molar-refractivity contribution < 1.29 is 28.3 Å². The molecule has 0 aliphatic rings. The van der Waals surface area contributed by atoms with Crippen LogP contribution in [0.2, 0.25) is 5.02 Å². The molecule has 0 bridgehead atoms. The maximum atomic E-state index is 14.3. The van der Waals surface area contributed by atoms with E-state index < -0.39 is 41.7 Å². The Morgan fingerprint density at radius 1 is 1.11 bits per heavy atom. The molecule has 1 heterocycles. The summed E-state index contributed by atoms with van der Waals surface area (Å²) in [6.45, 7) is 5.24. The average molecular weight is 545 g/mol. The van der Waals surface area contributed by atoms with E-state index >= 15 is 0 Å². The lowest BCUT2D eigenvalue weighted by molar-refractivity contribution is -0.142. The highest BCUT2D eigenvalue weighted by Crippen LogP contribution is 2.26. The number of nitrogens with zero attached hydrogens (tertiary/aromatic N) is 1. The molecule has 11 heteroatoms. The normalized spacial score (nSPS) is 13.6. The molecule has 3 atom stereocenters. The van der Waals surface area contributed by atoms with Crippen molar-refractivity contribution in [2.75, 3.05) is 0 Å². The molecule has 0 unspecified atom stereocenters. The van der Waals surface area contributed by atoms with Gasteiger partial charge in [0, 0.05) is 16.6 Å². The van der Waals surface area contributed by atoms with Crippen LogP contribution in [-0.4, -0.2) is 46.0 Å². The standard InChI is InChI=1S/C27H30ClFN4O5/c1-14(2)23-13-38-26(33-23)25(35)31-19(12-22(27(36)37)32-24(34)15(3)30)10-16-4-6-17(7-5-16)20-11-18(28)8-9-21(20)29/h4-9,11,13-15,19,22H,10,12,30H2,1-3H3,(H,31,35)(H,32,34)(H,36,37)/t15-,19-,22-/m1/s1. The highest BCUT2D eigenvalue weighted by molar-refractivity contribution is 6.30. The van der Waals surface area contributed by atoms with Gasteiger partial charge in [0.15, 0.2) is 0 Å². The second kappa shape index (κ2) is 12.7. The highest BCUT2D eigenvalue weighted by Gasteiger charge is 2.28. The lowest BCUT2D eigenvalue weighted by Crippen LogP contribution is -2.51. The third-order valence-corrected chi connectivity index (χ3v) is 6.10. The molecule has 0 aliphatic carbocycles. The number of carboxylic acids is 1. The molecule has 2 aromatic carbocycles. The lowest BCUT2D eigenvalue weighted by atomic mass is 9.96. The van der Waals surface area contributed by atoms with Crippen LogP contribution < -0.4 is 16.4 Å². The van der Waals surface area contributed by atoms with E-state index in [2.05, 4.69) is 15.6 Å². The van der Waals surface area contributed by atoms with E-state index in [1.54, 1.807) is 24.3 Å². The average Bonchev–Trinajstić information content (AvgIpc) is 3.36. The Hall–Kier alpha value is -3.76. The summed E-state index contributed by atoms with van der Waals surface area (Å²) in [5.74, 6) is -3.07. The Labute approximate surface area is 224 Å². The zero-order chi connectivity index (χ0) is 28.0. The van der Waals surface area contributed by atoms with Gasteiger partial charge < -0.3 is 25.9 Å². The predicted molar refractivity (Wildman–Crippen MR) is 140 cm³/mol. The van der Waals surface area contributed by atoms with Gasteiger partial charge in [-0.15, -0.1) is 0 Å². The number of nitrogens with two attached hydrogens (primary N) is 1. The Morgan fingerprint density at radius 2 is 1.79 bits per heavy atom. The van der Waals surface area contributed by atoms with Crippen LogP contribution in [0, 0.1) is 5.82 Å². The molecule has 3 rings (SSSR count). The van der Waals surface area contributed by atoms with Crippen LogP contribution in [0.3, 0.4) is 0 Å². The number of amides is 2. The molecule has 1 aromatic heterocycles. The molecule has 2 amide bonds. The van der Waals surface area contributed by atoms with Crippen molar-refractivity contribution in [1.29, 1.82) is 0 Å². The Morgan fingerprint density at radius 3 is 2.37 bits per heavy atom. The molecular formula is C27H30ClFN4O5. The molecule has 38 heavy (non-hydrogen) atoms. The first kappa shape index (κ1) is 28.8. The number of halogens is 2. The number of benzene rings is 2. The Balaban J connectivity index is 1.84. The fourth-order valence-corrected chi connectivity index (χ4v) is 3.90. The monoisotopic (exact) mass is 544 g/mol. The molecule has 0 saturated carbocycles. The summed E-state index contributed by atoms with van der Waals surface area (Å²) < 4.78 is 19.6. The number of rotatable bonds is 11. The summed E-state index contributed by atoms with van der Waals surface area (Å²) in [6, 6.07) is 8.21. The van der Waals surface area contributed by atoms with Gasteiger partial charge in [-0.1, -0.05) is 49.7 Å². The van der Waals surface area contributed by atoms with Crippen molar-refractivity contribution >= 4 is 29.4 Å². The minimum atomic E-state index is -1.31. The first-order chi connectivity index (χ1) is 17.9. The molecule has 0 fully saturated rings. The number of aromatic nitrogens is 1. The predicted octanol–water partition coefficient (Wildman–Crippen LogP) is 3.91. The summed E-state index contributed by atoms with van der Waals surface area (Å²) in [5.41, 5.74) is 7.85. The SMILES string of the molecule is CC(C)c1coc(C(=O)N[C@H](Cc2ccc(-c3cc(Cl)ccc3F)cc2)C[C@@H](NC(=O)[C@@H](C)N)C(=O)O)n1. The van der Waals surface area contributed by atoms with E-state index in [1.807, 2.05) is 13.8 Å². The van der Waals surface area contributed by atoms with Gasteiger partial charge in [-0.05, 0) is 55.0 Å². The number of oxazole rings is 1. The number of hydrogen-bond donors (Lipinski definition) is 4. The molecule has 3 aromatic rings. The summed E-state index contributed by atoms with van der Waals surface area (Å²) in [4.78, 5) is 41.1. The molecule has 0 saturated heterocycles. The maximum absolute atomic E-state index is 14.3. The number of carbonyl (C=O) groups excluding carboxylic acids is 2. The van der Waals surface area contributed by atoms with Crippen LogP contribution in [0.25, 0.3) is 11.1 Å². The topological polar surface area (TPSA) is 148 Å². The van der Waals surface area contributed by atoms with Gasteiger partial charge in [-0.25, -0.2) is 14.2 Å². The molecule has 202 valence electrons. The zero-order valence-electron chi connectivity index (χ0n) is 21.2. The van der Waals surface area contributed by atoms with Crippen LogP contribution >= 0.6 is 11.6 Å². The minimum absolute atomic E-state index is 0.0452. The van der Waals surface area contributed by atoms with Crippen LogP contribution in [-0.2, 0) is 16.0 Å². The van der Waals surface area contributed by atoms with Gasteiger partial charge in [-0.3, -0.25) is 9.59 Å². The zero-order valence-corrected chi connectivity index (χ0v) is 22.0. The van der Waals surface area contributed by atoms with Crippen LogP contribution in [0.5, 0.6) is 0 Å². The van der Waals surface area contributed by atoms with Gasteiger partial charge in [0.2, 0.25) is 5.91 Å². The van der Waals surface area contributed by atoms with Gasteiger partial charge in [0.25, 0.3) is 5.89 Å². The van der Waals surface area contributed by atoms with Crippen molar-refractivity contribution in [3.8, 4) is 11.1 Å². The van der Waals surface area contributed by atoms with E-state index in [9.17, 15) is 23.9 Å². The molecule has 0 spiro atoms. The van der Waals surface area contributed by atoms with Crippen molar-refractivity contribution in [3.05, 3.63) is 76.7 Å². The quantitative estimate of drug-likeness (QED) is 0.286. The van der Waals surface area contributed by atoms with E-state index in [-0.39, 0.29) is 24.7 Å². The van der Waals surface area contributed by atoms with Crippen molar-refractivity contribution in [3.63, 3.8) is 0 Å². The molecule has 5 N–H and O–H groups in total. The highest BCUT2D eigenvalue weighted by atomic mass is 35.5. The molecular weight excluding hydrogens is 515 g/mol. The summed E-state index contributed by atoms with van der Waals surface area (Å²) in [6.07, 6.45) is 1.47. The Bertz CT molecular complexity index is 1290. The number of carbonyl (C=O) groups is 3. The van der Waals surface area contributed by atoms with E-state index in [0.717, 1.165) is 5.56 Å². The largest absolute Gasteiger partial charge is 0.480 e. The van der Waals surface area contributed by atoms with E-state index in [0.29, 0.717) is 21.8 Å². The van der Waals surface area contributed by atoms with Gasteiger partial charge in [0.05, 0.1) is 11.7 Å². The summed E-state index contributed by atoms with van der Waals surface area (Å²) >= 11 is 6.01. The van der Waals surface area contributed by atoms with Crippen molar-refractivity contribution in [2.45, 2.75) is 57.7 Å². The van der Waals surface area contributed by atoms with E-state index in [1.165, 1.54) is 31.4 Å². The fourth-order valence-electron chi connectivity index (χ4n) is 3.73.